The van der Waals surface area contributed by atoms with E-state index < -0.39 is 17.6 Å². The average molecular weight is 358 g/mol. The Morgan fingerprint density at radius 1 is 1.38 bits per heavy atom. The molecule has 26 heavy (non-hydrogen) atoms. The zero-order chi connectivity index (χ0) is 18.6. The molecule has 8 heteroatoms. The Hall–Kier alpha value is -2.55. The summed E-state index contributed by atoms with van der Waals surface area (Å²) >= 11 is 0. The molecule has 0 saturated carbocycles. The van der Waals surface area contributed by atoms with Crippen molar-refractivity contribution in [3.63, 3.8) is 0 Å². The third-order valence-electron chi connectivity index (χ3n) is 4.46. The lowest BCUT2D eigenvalue weighted by Crippen LogP contribution is -2.51. The molecule has 1 fully saturated rings. The van der Waals surface area contributed by atoms with Crippen molar-refractivity contribution in [3.05, 3.63) is 54.1 Å². The SMILES string of the molecule is COc1ccc(CN2C[C@@H](O)[C@](O)(CNC(=O)c3cnccn3)C2)cc1. The fourth-order valence-electron chi connectivity index (χ4n) is 3.00. The first kappa shape index (κ1) is 18.2. The van der Waals surface area contributed by atoms with E-state index in [2.05, 4.69) is 15.3 Å². The summed E-state index contributed by atoms with van der Waals surface area (Å²) in [4.78, 5) is 21.7. The minimum absolute atomic E-state index is 0.0668. The molecule has 0 aliphatic carbocycles. The molecule has 2 heterocycles. The molecule has 0 unspecified atom stereocenters. The summed E-state index contributed by atoms with van der Waals surface area (Å²) in [6, 6.07) is 7.63. The van der Waals surface area contributed by atoms with Crippen LogP contribution in [0.5, 0.6) is 5.75 Å². The van der Waals surface area contributed by atoms with E-state index in [9.17, 15) is 15.0 Å². The lowest BCUT2D eigenvalue weighted by Gasteiger charge is -2.26. The van der Waals surface area contributed by atoms with E-state index in [0.717, 1.165) is 11.3 Å². The van der Waals surface area contributed by atoms with Crippen LogP contribution in [-0.2, 0) is 6.54 Å². The molecule has 0 bridgehead atoms. The van der Waals surface area contributed by atoms with Crippen LogP contribution in [0.15, 0.2) is 42.9 Å². The van der Waals surface area contributed by atoms with E-state index in [4.69, 9.17) is 4.74 Å². The van der Waals surface area contributed by atoms with Gasteiger partial charge in [-0.1, -0.05) is 12.1 Å². The summed E-state index contributed by atoms with van der Waals surface area (Å²) in [6.45, 7) is 1.09. The highest BCUT2D eigenvalue weighted by atomic mass is 16.5. The fourth-order valence-corrected chi connectivity index (χ4v) is 3.00. The Morgan fingerprint density at radius 2 is 2.15 bits per heavy atom. The average Bonchev–Trinajstić information content (AvgIpc) is 2.95. The number of hydrogen-bond donors (Lipinski definition) is 3. The Labute approximate surface area is 151 Å². The number of aromatic nitrogens is 2. The normalized spacial score (nSPS) is 23.0. The van der Waals surface area contributed by atoms with Gasteiger partial charge in [-0.3, -0.25) is 14.7 Å². The first-order valence-electron chi connectivity index (χ1n) is 8.30. The molecular weight excluding hydrogens is 336 g/mol. The fraction of sp³-hybridized carbons (Fsp3) is 0.389. The zero-order valence-electron chi connectivity index (χ0n) is 14.5. The van der Waals surface area contributed by atoms with E-state index in [1.807, 2.05) is 29.2 Å². The number of ether oxygens (including phenoxy) is 1. The van der Waals surface area contributed by atoms with Crippen LogP contribution in [0.1, 0.15) is 16.1 Å². The predicted octanol–water partition coefficient (Wildman–Crippen LogP) is -0.177. The number of hydrogen-bond acceptors (Lipinski definition) is 7. The van der Waals surface area contributed by atoms with Gasteiger partial charge in [-0.15, -0.1) is 0 Å². The van der Waals surface area contributed by atoms with Crippen molar-refractivity contribution in [2.45, 2.75) is 18.2 Å². The number of likely N-dealkylation sites (tertiary alicyclic amines) is 1. The number of benzene rings is 1. The minimum Gasteiger partial charge on any atom is -0.497 e. The number of nitrogens with zero attached hydrogens (tertiary/aromatic N) is 3. The lowest BCUT2D eigenvalue weighted by atomic mass is 10.0. The quantitative estimate of drug-likeness (QED) is 0.658. The number of methoxy groups -OCH3 is 1. The number of aliphatic hydroxyl groups excluding tert-OH is 1. The second-order valence-electron chi connectivity index (χ2n) is 6.41. The van der Waals surface area contributed by atoms with E-state index in [1.54, 1.807) is 7.11 Å². The molecule has 0 spiro atoms. The topological polar surface area (TPSA) is 108 Å². The van der Waals surface area contributed by atoms with E-state index in [1.165, 1.54) is 18.6 Å². The van der Waals surface area contributed by atoms with Crippen LogP contribution >= 0.6 is 0 Å². The van der Waals surface area contributed by atoms with Crippen molar-refractivity contribution in [3.8, 4) is 5.75 Å². The van der Waals surface area contributed by atoms with Crippen molar-refractivity contribution in [1.82, 2.24) is 20.2 Å². The summed E-state index contributed by atoms with van der Waals surface area (Å²) in [5.74, 6) is 0.339. The highest BCUT2D eigenvalue weighted by molar-refractivity contribution is 5.91. The van der Waals surface area contributed by atoms with Crippen molar-refractivity contribution in [2.75, 3.05) is 26.7 Å². The van der Waals surface area contributed by atoms with Crippen LogP contribution in [0.4, 0.5) is 0 Å². The number of carbonyl (C=O) groups is 1. The molecule has 8 nitrogen and oxygen atoms in total. The minimum atomic E-state index is -1.41. The molecule has 2 atom stereocenters. The Morgan fingerprint density at radius 3 is 2.81 bits per heavy atom. The second kappa shape index (κ2) is 7.77. The van der Waals surface area contributed by atoms with Crippen LogP contribution in [0.25, 0.3) is 0 Å². The molecular formula is C18H22N4O4. The van der Waals surface area contributed by atoms with Crippen LogP contribution in [0.3, 0.4) is 0 Å². The van der Waals surface area contributed by atoms with Crippen molar-refractivity contribution >= 4 is 5.91 Å². The van der Waals surface area contributed by atoms with Gasteiger partial charge in [0, 0.05) is 32.0 Å². The smallest absolute Gasteiger partial charge is 0.271 e. The van der Waals surface area contributed by atoms with Gasteiger partial charge in [-0.2, -0.15) is 0 Å². The van der Waals surface area contributed by atoms with Crippen LogP contribution in [0, 0.1) is 0 Å². The molecule has 138 valence electrons. The molecule has 1 aliphatic rings. The Kier molecular flexibility index (Phi) is 5.46. The molecule has 1 aliphatic heterocycles. The number of nitrogens with one attached hydrogen (secondary N) is 1. The monoisotopic (exact) mass is 358 g/mol. The van der Waals surface area contributed by atoms with Gasteiger partial charge in [0.1, 0.15) is 17.0 Å². The van der Waals surface area contributed by atoms with E-state index in [0.29, 0.717) is 13.1 Å². The van der Waals surface area contributed by atoms with E-state index >= 15 is 0 Å². The van der Waals surface area contributed by atoms with Gasteiger partial charge < -0.3 is 20.3 Å². The van der Waals surface area contributed by atoms with Gasteiger partial charge in [0.05, 0.1) is 26.0 Å². The summed E-state index contributed by atoms with van der Waals surface area (Å²) in [7, 11) is 1.61. The van der Waals surface area contributed by atoms with Crippen LogP contribution in [0.2, 0.25) is 0 Å². The molecule has 1 saturated heterocycles. The standard InChI is InChI=1S/C18H22N4O4/c1-26-14-4-2-13(3-5-14)9-22-10-16(23)18(25,12-22)11-21-17(24)15-8-19-6-7-20-15/h2-8,16,23,25H,9-12H2,1H3,(H,21,24)/t16-,18+/m1/s1. The van der Waals surface area contributed by atoms with Gasteiger partial charge in [0.25, 0.3) is 5.91 Å². The van der Waals surface area contributed by atoms with Crippen molar-refractivity contribution < 1.29 is 19.7 Å². The lowest BCUT2D eigenvalue weighted by molar-refractivity contribution is -0.0377. The number of β-amino-alcohol motifs (C(OH)–C–C–N with tert-alkyl or cyclic N) is 2. The number of aliphatic hydroxyl groups is 2. The summed E-state index contributed by atoms with van der Waals surface area (Å²) in [5, 5.41) is 23.6. The number of amides is 1. The zero-order valence-corrected chi connectivity index (χ0v) is 14.5. The highest BCUT2D eigenvalue weighted by Crippen LogP contribution is 2.24. The van der Waals surface area contributed by atoms with Gasteiger partial charge >= 0.3 is 0 Å². The molecule has 2 aromatic rings. The maximum absolute atomic E-state index is 12.1. The second-order valence-corrected chi connectivity index (χ2v) is 6.41. The number of rotatable bonds is 6. The molecule has 3 rings (SSSR count). The number of carbonyl (C=O) groups excluding carboxylic acids is 1. The molecule has 1 aromatic carbocycles. The third kappa shape index (κ3) is 4.16. The van der Waals surface area contributed by atoms with Crippen LogP contribution < -0.4 is 10.1 Å². The predicted molar refractivity (Wildman–Crippen MR) is 93.6 cm³/mol. The summed E-state index contributed by atoms with van der Waals surface area (Å²) in [5.41, 5.74) is -0.200. The van der Waals surface area contributed by atoms with Crippen molar-refractivity contribution in [2.24, 2.45) is 0 Å². The first-order chi connectivity index (χ1) is 12.5. The largest absolute Gasteiger partial charge is 0.497 e. The van der Waals surface area contributed by atoms with Gasteiger partial charge in [-0.05, 0) is 17.7 Å². The Balaban J connectivity index is 1.57. The molecule has 3 N–H and O–H groups in total. The van der Waals surface area contributed by atoms with Crippen molar-refractivity contribution in [1.29, 1.82) is 0 Å². The van der Waals surface area contributed by atoms with Crippen LogP contribution in [-0.4, -0.2) is 69.4 Å². The Bertz CT molecular complexity index is 741. The summed E-state index contributed by atoms with van der Waals surface area (Å²) < 4.78 is 5.14. The van der Waals surface area contributed by atoms with Gasteiger partial charge in [0.15, 0.2) is 0 Å². The first-order valence-corrected chi connectivity index (χ1v) is 8.30. The van der Waals surface area contributed by atoms with Gasteiger partial charge in [-0.25, -0.2) is 4.98 Å². The molecule has 1 aromatic heterocycles. The van der Waals surface area contributed by atoms with E-state index in [-0.39, 0.29) is 18.8 Å². The summed E-state index contributed by atoms with van der Waals surface area (Å²) in [6.07, 6.45) is 3.29. The van der Waals surface area contributed by atoms with Gasteiger partial charge in [0.2, 0.25) is 0 Å². The molecule has 0 radical (unpaired) electrons. The third-order valence-corrected chi connectivity index (χ3v) is 4.46. The maximum atomic E-state index is 12.1. The maximum Gasteiger partial charge on any atom is 0.271 e. The highest BCUT2D eigenvalue weighted by Gasteiger charge is 2.44. The molecule has 1 amide bonds.